The average molecular weight is 432 g/mol. The molecule has 1 heterocycles. The van der Waals surface area contributed by atoms with Crippen molar-refractivity contribution in [2.24, 2.45) is 5.92 Å². The fraction of sp³-hybridized carbons (Fsp3) is 0.565. The summed E-state index contributed by atoms with van der Waals surface area (Å²) in [6, 6.07) is 7.41. The van der Waals surface area contributed by atoms with Crippen LogP contribution in [0.3, 0.4) is 0 Å². The predicted molar refractivity (Wildman–Crippen MR) is 116 cm³/mol. The van der Waals surface area contributed by atoms with Crippen molar-refractivity contribution in [2.75, 3.05) is 6.54 Å². The maximum absolute atomic E-state index is 12.9. The molecule has 1 aliphatic heterocycles. The summed E-state index contributed by atoms with van der Waals surface area (Å²) in [6.07, 6.45) is 4.20. The smallest absolute Gasteiger partial charge is 0.408 e. The molecule has 0 bridgehead atoms. The molecule has 2 rings (SSSR count). The van der Waals surface area contributed by atoms with Gasteiger partial charge in [-0.25, -0.2) is 4.79 Å². The van der Waals surface area contributed by atoms with Gasteiger partial charge in [0.15, 0.2) is 0 Å². The highest BCUT2D eigenvalue weighted by molar-refractivity contribution is 6.38. The number of Topliss-reactive ketones (excluding diaryl/α,β-unsaturated/α-hetero) is 1. The minimum absolute atomic E-state index is 0.0837. The molecule has 8 heteroatoms. The van der Waals surface area contributed by atoms with Crippen LogP contribution < -0.4 is 16.0 Å². The third kappa shape index (κ3) is 8.39. The maximum Gasteiger partial charge on any atom is 0.408 e. The summed E-state index contributed by atoms with van der Waals surface area (Å²) in [5.74, 6) is -2.07. The van der Waals surface area contributed by atoms with Crippen LogP contribution >= 0.6 is 0 Å². The van der Waals surface area contributed by atoms with Gasteiger partial charge in [0.2, 0.25) is 11.7 Å². The Morgan fingerprint density at radius 1 is 1.06 bits per heavy atom. The summed E-state index contributed by atoms with van der Waals surface area (Å²) in [4.78, 5) is 49.8. The van der Waals surface area contributed by atoms with Gasteiger partial charge in [-0.2, -0.15) is 0 Å². The molecule has 8 nitrogen and oxygen atoms in total. The van der Waals surface area contributed by atoms with Gasteiger partial charge in [-0.3, -0.25) is 14.4 Å². The Bertz CT molecular complexity index is 751. The highest BCUT2D eigenvalue weighted by Crippen LogP contribution is 2.11. The topological polar surface area (TPSA) is 114 Å². The van der Waals surface area contributed by atoms with E-state index in [1.54, 1.807) is 13.8 Å². The van der Waals surface area contributed by atoms with Crippen molar-refractivity contribution in [1.82, 2.24) is 16.0 Å². The highest BCUT2D eigenvalue weighted by Gasteiger charge is 2.31. The minimum Gasteiger partial charge on any atom is -0.445 e. The second-order valence-electron chi connectivity index (χ2n) is 8.17. The molecule has 1 aliphatic rings. The van der Waals surface area contributed by atoms with Crippen molar-refractivity contribution in [2.45, 2.75) is 71.1 Å². The minimum atomic E-state index is -0.908. The van der Waals surface area contributed by atoms with Crippen LogP contribution in [-0.4, -0.2) is 42.3 Å². The summed E-state index contributed by atoms with van der Waals surface area (Å²) >= 11 is 0. The first-order valence-electron chi connectivity index (χ1n) is 11.0. The predicted octanol–water partition coefficient (Wildman–Crippen LogP) is 2.46. The molecule has 31 heavy (non-hydrogen) atoms. The molecule has 0 spiro atoms. The third-order valence-electron chi connectivity index (χ3n) is 5.25. The fourth-order valence-corrected chi connectivity index (χ4v) is 3.41. The van der Waals surface area contributed by atoms with Crippen LogP contribution in [0, 0.1) is 5.92 Å². The summed E-state index contributed by atoms with van der Waals surface area (Å²) in [5, 5.41) is 7.87. The van der Waals surface area contributed by atoms with Crippen LogP contribution in [0.15, 0.2) is 30.3 Å². The van der Waals surface area contributed by atoms with Gasteiger partial charge in [0.25, 0.3) is 5.91 Å². The van der Waals surface area contributed by atoms with E-state index in [4.69, 9.17) is 4.74 Å². The fourth-order valence-electron chi connectivity index (χ4n) is 3.41. The number of hydrogen-bond acceptors (Lipinski definition) is 5. The molecule has 2 atom stereocenters. The van der Waals surface area contributed by atoms with E-state index in [1.807, 2.05) is 30.3 Å². The maximum atomic E-state index is 12.9. The Kier molecular flexibility index (Phi) is 10.00. The molecule has 3 amide bonds. The summed E-state index contributed by atoms with van der Waals surface area (Å²) in [6.45, 7) is 4.11. The van der Waals surface area contributed by atoms with Gasteiger partial charge in [-0.1, -0.05) is 69.9 Å². The molecule has 0 aromatic heterocycles. The molecule has 0 saturated carbocycles. The second kappa shape index (κ2) is 12.7. The van der Waals surface area contributed by atoms with Crippen LogP contribution in [0.25, 0.3) is 0 Å². The van der Waals surface area contributed by atoms with Crippen LogP contribution in [0.1, 0.15) is 57.9 Å². The van der Waals surface area contributed by atoms with Gasteiger partial charge in [-0.05, 0) is 24.3 Å². The number of hydrogen-bond donors (Lipinski definition) is 3. The van der Waals surface area contributed by atoms with E-state index in [-0.39, 0.29) is 12.5 Å². The number of carbonyl (C=O) groups excluding carboxylic acids is 4. The average Bonchev–Trinajstić information content (AvgIpc) is 2.79. The zero-order valence-corrected chi connectivity index (χ0v) is 18.3. The van der Waals surface area contributed by atoms with Crippen molar-refractivity contribution in [3.05, 3.63) is 35.9 Å². The number of carbonyl (C=O) groups is 4. The number of rotatable bonds is 6. The first kappa shape index (κ1) is 24.4. The van der Waals surface area contributed by atoms with E-state index >= 15 is 0 Å². The molecular formula is C23H33N3O5. The normalized spacial score (nSPS) is 19.0. The first-order chi connectivity index (χ1) is 14.9. The van der Waals surface area contributed by atoms with Crippen molar-refractivity contribution in [3.63, 3.8) is 0 Å². The lowest BCUT2D eigenvalue weighted by molar-refractivity contribution is -0.140. The number of nitrogens with one attached hydrogen (secondary N) is 3. The SMILES string of the molecule is CC(C)C(NC(=O)OCc1ccccc1)C(=O)N[C@H]1CCCCCCCNC(=O)C1=O. The van der Waals surface area contributed by atoms with Crippen molar-refractivity contribution in [1.29, 1.82) is 0 Å². The molecule has 1 aromatic rings. The van der Waals surface area contributed by atoms with Gasteiger partial charge in [-0.15, -0.1) is 0 Å². The zero-order valence-electron chi connectivity index (χ0n) is 18.3. The van der Waals surface area contributed by atoms with Gasteiger partial charge < -0.3 is 20.7 Å². The van der Waals surface area contributed by atoms with Crippen LogP contribution in [0.5, 0.6) is 0 Å². The second-order valence-corrected chi connectivity index (χ2v) is 8.17. The number of amides is 3. The van der Waals surface area contributed by atoms with E-state index in [2.05, 4.69) is 16.0 Å². The first-order valence-corrected chi connectivity index (χ1v) is 11.0. The zero-order chi connectivity index (χ0) is 22.6. The monoisotopic (exact) mass is 431 g/mol. The molecule has 170 valence electrons. The van der Waals surface area contributed by atoms with Crippen LogP contribution in [0.2, 0.25) is 0 Å². The molecule has 3 N–H and O–H groups in total. The Morgan fingerprint density at radius 3 is 2.45 bits per heavy atom. The van der Waals surface area contributed by atoms with E-state index in [9.17, 15) is 19.2 Å². The molecule has 0 aliphatic carbocycles. The molecule has 1 unspecified atom stereocenters. The Morgan fingerprint density at radius 2 is 1.74 bits per heavy atom. The molecule has 0 radical (unpaired) electrons. The van der Waals surface area contributed by atoms with E-state index < -0.39 is 35.8 Å². The summed E-state index contributed by atoms with van der Waals surface area (Å²) < 4.78 is 5.21. The van der Waals surface area contributed by atoms with E-state index in [0.29, 0.717) is 13.0 Å². The van der Waals surface area contributed by atoms with Gasteiger partial charge >= 0.3 is 6.09 Å². The molecule has 1 saturated heterocycles. The van der Waals surface area contributed by atoms with E-state index in [0.717, 1.165) is 37.7 Å². The van der Waals surface area contributed by atoms with Crippen LogP contribution in [0.4, 0.5) is 4.79 Å². The largest absolute Gasteiger partial charge is 0.445 e. The van der Waals surface area contributed by atoms with Gasteiger partial charge in [0.1, 0.15) is 12.6 Å². The van der Waals surface area contributed by atoms with Crippen molar-refractivity contribution >= 4 is 23.7 Å². The lowest BCUT2D eigenvalue weighted by atomic mass is 10.00. The third-order valence-corrected chi connectivity index (χ3v) is 5.25. The number of ketones is 1. The molecule has 1 aromatic carbocycles. The lowest BCUT2D eigenvalue weighted by Gasteiger charge is -2.24. The van der Waals surface area contributed by atoms with Crippen molar-refractivity contribution in [3.8, 4) is 0 Å². The number of ether oxygens (including phenoxy) is 1. The standard InChI is InChI=1S/C23H33N3O5/c1-16(2)19(26-23(30)31-15-17-11-7-6-8-12-17)21(28)25-18-13-9-4-3-5-10-14-24-22(29)20(18)27/h6-8,11-12,16,18-19H,3-5,9-10,13-15H2,1-2H3,(H,24,29)(H,25,28)(H,26,30)/t18-,19?/m0/s1. The number of benzene rings is 1. The lowest BCUT2D eigenvalue weighted by Crippen LogP contribution is -2.55. The van der Waals surface area contributed by atoms with Gasteiger partial charge in [0, 0.05) is 6.54 Å². The summed E-state index contributed by atoms with van der Waals surface area (Å²) in [7, 11) is 0. The number of alkyl carbamates (subject to hydrolysis) is 1. The van der Waals surface area contributed by atoms with Crippen molar-refractivity contribution < 1.29 is 23.9 Å². The Balaban J connectivity index is 1.97. The summed E-state index contributed by atoms with van der Waals surface area (Å²) in [5.41, 5.74) is 0.831. The Hall–Kier alpha value is -2.90. The molecule has 1 fully saturated rings. The van der Waals surface area contributed by atoms with Gasteiger partial charge in [0.05, 0.1) is 6.04 Å². The Labute approximate surface area is 183 Å². The highest BCUT2D eigenvalue weighted by atomic mass is 16.5. The van der Waals surface area contributed by atoms with E-state index in [1.165, 1.54) is 0 Å². The quantitative estimate of drug-likeness (QED) is 0.599. The molecular weight excluding hydrogens is 398 g/mol. The van der Waals surface area contributed by atoms with Crippen LogP contribution in [-0.2, 0) is 25.7 Å².